The molecule has 1 rings (SSSR count). The van der Waals surface area contributed by atoms with Crippen LogP contribution in [-0.2, 0) is 0 Å². The summed E-state index contributed by atoms with van der Waals surface area (Å²) in [7, 11) is 4.30. The van der Waals surface area contributed by atoms with Crippen molar-refractivity contribution >= 4 is 0 Å². The van der Waals surface area contributed by atoms with Gasteiger partial charge in [0, 0.05) is 0 Å². The van der Waals surface area contributed by atoms with Crippen molar-refractivity contribution in [3.8, 4) is 0 Å². The van der Waals surface area contributed by atoms with E-state index >= 15 is 0 Å². The molecule has 0 aliphatic heterocycles. The smallest absolute Gasteiger partial charge is 0.130 e. The maximum absolute atomic E-state index is 10.2. The number of benzene rings is 1. The molecule has 0 saturated heterocycles. The van der Waals surface area contributed by atoms with Gasteiger partial charge in [0.1, 0.15) is 12.1 Å². The minimum atomic E-state index is -0.388. The van der Waals surface area contributed by atoms with Gasteiger partial charge in [-0.25, -0.2) is 0 Å². The number of rotatable bonds is 4. The highest BCUT2D eigenvalue weighted by molar-refractivity contribution is 5.18. The van der Waals surface area contributed by atoms with E-state index in [1.165, 1.54) is 0 Å². The normalized spacial score (nSPS) is 15.1. The maximum atomic E-state index is 10.2. The average Bonchev–Trinajstić information content (AvgIpc) is 2.28. The first-order valence-electron chi connectivity index (χ1n) is 5.54. The number of halogens is 1. The van der Waals surface area contributed by atoms with E-state index in [4.69, 9.17) is 0 Å². The van der Waals surface area contributed by atoms with Gasteiger partial charge >= 0.3 is 0 Å². The van der Waals surface area contributed by atoms with Crippen LogP contribution >= 0.6 is 0 Å². The van der Waals surface area contributed by atoms with Gasteiger partial charge in [-0.1, -0.05) is 30.3 Å². The van der Waals surface area contributed by atoms with Crippen molar-refractivity contribution in [1.29, 1.82) is 0 Å². The second-order valence-corrected chi connectivity index (χ2v) is 4.69. The van der Waals surface area contributed by atoms with Crippen LogP contribution in [0.25, 0.3) is 0 Å². The Morgan fingerprint density at radius 2 is 1.69 bits per heavy atom. The molecular weight excluding hydrogens is 266 g/mol. The Kier molecular flexibility index (Phi) is 6.23. The minimum absolute atomic E-state index is 0. The molecule has 0 bridgehead atoms. The molecule has 0 fully saturated rings. The highest BCUT2D eigenvalue weighted by Crippen LogP contribution is 2.23. The molecule has 2 atom stereocenters. The molecule has 0 aliphatic carbocycles. The Labute approximate surface area is 109 Å². The van der Waals surface area contributed by atoms with Gasteiger partial charge in [0.2, 0.25) is 0 Å². The van der Waals surface area contributed by atoms with Gasteiger partial charge in [-0.2, -0.15) is 0 Å². The van der Waals surface area contributed by atoms with Gasteiger partial charge in [-0.15, -0.1) is 0 Å². The molecule has 0 aliphatic rings. The minimum Gasteiger partial charge on any atom is -1.00 e. The molecule has 0 aromatic heterocycles. The van der Waals surface area contributed by atoms with Crippen molar-refractivity contribution in [2.45, 2.75) is 26.0 Å². The number of hydrogen-bond donors (Lipinski definition) is 1. The summed E-state index contributed by atoms with van der Waals surface area (Å²) < 4.78 is 0.829. The van der Waals surface area contributed by atoms with Crippen molar-refractivity contribution in [3.05, 3.63) is 35.9 Å². The molecule has 3 heteroatoms. The van der Waals surface area contributed by atoms with Gasteiger partial charge in [0.15, 0.2) is 0 Å². The fourth-order valence-electron chi connectivity index (χ4n) is 1.60. The summed E-state index contributed by atoms with van der Waals surface area (Å²) in [5.74, 6) is 0. The summed E-state index contributed by atoms with van der Waals surface area (Å²) in [6.45, 7) is 5.26. The molecule has 92 valence electrons. The van der Waals surface area contributed by atoms with Crippen molar-refractivity contribution < 1.29 is 26.6 Å². The van der Waals surface area contributed by atoms with Crippen LogP contribution in [0.2, 0.25) is 0 Å². The maximum Gasteiger partial charge on any atom is 0.130 e. The molecule has 0 saturated carbocycles. The standard InChI is InChI=1S/C13H22NO.BrH/c1-5-14(3,4)11(2)13(15)12-9-7-6-8-10-12;/h6-11,13,15H,5H2,1-4H3;1H/q+1;/p-1/t11-,13-;/m0./s1. The summed E-state index contributed by atoms with van der Waals surface area (Å²) in [6.07, 6.45) is -0.388. The predicted octanol–water partition coefficient (Wildman–Crippen LogP) is -0.791. The van der Waals surface area contributed by atoms with Crippen LogP contribution in [0.1, 0.15) is 25.5 Å². The van der Waals surface area contributed by atoms with E-state index in [2.05, 4.69) is 27.9 Å². The highest BCUT2D eigenvalue weighted by Gasteiger charge is 2.29. The van der Waals surface area contributed by atoms with Gasteiger partial charge in [-0.05, 0) is 19.4 Å². The van der Waals surface area contributed by atoms with Gasteiger partial charge < -0.3 is 26.6 Å². The average molecular weight is 288 g/mol. The van der Waals surface area contributed by atoms with Crippen LogP contribution in [0.15, 0.2) is 30.3 Å². The van der Waals surface area contributed by atoms with Gasteiger partial charge in [0.25, 0.3) is 0 Å². The summed E-state index contributed by atoms with van der Waals surface area (Å²) in [6, 6.07) is 10.1. The van der Waals surface area contributed by atoms with E-state index in [-0.39, 0.29) is 29.1 Å². The number of aliphatic hydroxyl groups is 1. The third-order valence-electron chi connectivity index (χ3n) is 3.52. The lowest BCUT2D eigenvalue weighted by Crippen LogP contribution is -3.00. The quantitative estimate of drug-likeness (QED) is 0.720. The molecule has 1 N–H and O–H groups in total. The predicted molar refractivity (Wildman–Crippen MR) is 63.5 cm³/mol. The van der Waals surface area contributed by atoms with Crippen molar-refractivity contribution in [1.82, 2.24) is 0 Å². The van der Waals surface area contributed by atoms with E-state index in [1.54, 1.807) is 0 Å². The largest absolute Gasteiger partial charge is 1.00 e. The van der Waals surface area contributed by atoms with Crippen molar-refractivity contribution in [3.63, 3.8) is 0 Å². The molecule has 0 unspecified atom stereocenters. The molecule has 0 amide bonds. The fraction of sp³-hybridized carbons (Fsp3) is 0.538. The second-order valence-electron chi connectivity index (χ2n) is 4.69. The van der Waals surface area contributed by atoms with Crippen LogP contribution in [0.3, 0.4) is 0 Å². The Bertz CT molecular complexity index is 300. The van der Waals surface area contributed by atoms with Gasteiger partial charge in [-0.3, -0.25) is 0 Å². The van der Waals surface area contributed by atoms with E-state index in [9.17, 15) is 5.11 Å². The number of nitrogens with zero attached hydrogens (tertiary/aromatic N) is 1. The van der Waals surface area contributed by atoms with Gasteiger partial charge in [0.05, 0.1) is 20.6 Å². The van der Waals surface area contributed by atoms with Crippen LogP contribution in [0.4, 0.5) is 0 Å². The van der Waals surface area contributed by atoms with Crippen LogP contribution < -0.4 is 17.0 Å². The Morgan fingerprint density at radius 3 is 2.12 bits per heavy atom. The molecule has 1 aromatic rings. The summed E-state index contributed by atoms with van der Waals surface area (Å²) in [4.78, 5) is 0. The molecule has 16 heavy (non-hydrogen) atoms. The monoisotopic (exact) mass is 287 g/mol. The Hall–Kier alpha value is -0.380. The molecular formula is C13H22BrNO. The third-order valence-corrected chi connectivity index (χ3v) is 3.52. The lowest BCUT2D eigenvalue weighted by molar-refractivity contribution is -0.915. The highest BCUT2D eigenvalue weighted by atomic mass is 79.9. The summed E-state index contributed by atoms with van der Waals surface area (Å²) in [5, 5.41) is 10.2. The van der Waals surface area contributed by atoms with Crippen LogP contribution in [0, 0.1) is 0 Å². The SMILES string of the molecule is CC[N+](C)(C)[C@@H](C)[C@H](O)c1ccccc1.[Br-]. The molecule has 0 heterocycles. The van der Waals surface area contributed by atoms with Crippen molar-refractivity contribution in [2.75, 3.05) is 20.6 Å². The zero-order valence-corrected chi connectivity index (χ0v) is 12.1. The zero-order chi connectivity index (χ0) is 11.5. The van der Waals surface area contributed by atoms with E-state index < -0.39 is 0 Å². The topological polar surface area (TPSA) is 20.2 Å². The van der Waals surface area contributed by atoms with Crippen LogP contribution in [0.5, 0.6) is 0 Å². The molecule has 1 aromatic carbocycles. The Balaban J connectivity index is 0.00000225. The molecule has 0 radical (unpaired) electrons. The van der Waals surface area contributed by atoms with E-state index in [0.29, 0.717) is 0 Å². The zero-order valence-electron chi connectivity index (χ0n) is 10.5. The van der Waals surface area contributed by atoms with Crippen molar-refractivity contribution in [2.24, 2.45) is 0 Å². The Morgan fingerprint density at radius 1 is 1.19 bits per heavy atom. The first kappa shape index (κ1) is 15.6. The fourth-order valence-corrected chi connectivity index (χ4v) is 1.60. The first-order chi connectivity index (χ1) is 6.99. The first-order valence-corrected chi connectivity index (χ1v) is 5.54. The lowest BCUT2D eigenvalue weighted by Gasteiger charge is -2.37. The number of quaternary nitrogens is 1. The second kappa shape index (κ2) is 6.38. The number of aliphatic hydroxyl groups excluding tert-OH is 1. The number of likely N-dealkylation sites (N-methyl/N-ethyl adjacent to an activating group) is 1. The third kappa shape index (κ3) is 3.58. The lowest BCUT2D eigenvalue weighted by atomic mass is 10.0. The summed E-state index contributed by atoms with van der Waals surface area (Å²) >= 11 is 0. The van der Waals surface area contributed by atoms with E-state index in [1.807, 2.05) is 30.3 Å². The molecule has 2 nitrogen and oxygen atoms in total. The summed E-state index contributed by atoms with van der Waals surface area (Å²) in [5.41, 5.74) is 1.00. The number of hydrogen-bond acceptors (Lipinski definition) is 1. The molecule has 0 spiro atoms. The van der Waals surface area contributed by atoms with E-state index in [0.717, 1.165) is 16.6 Å². The van der Waals surface area contributed by atoms with Crippen LogP contribution in [-0.4, -0.2) is 36.3 Å².